The number of aromatic nitrogens is 3. The highest BCUT2D eigenvalue weighted by atomic mass is 32.2. The van der Waals surface area contributed by atoms with E-state index < -0.39 is 5.97 Å². The molecule has 0 fully saturated rings. The summed E-state index contributed by atoms with van der Waals surface area (Å²) in [6, 6.07) is 0. The lowest BCUT2D eigenvalue weighted by molar-refractivity contribution is -0.133. The number of carboxylic acid groups (broad SMARTS) is 1. The van der Waals surface area contributed by atoms with E-state index in [9.17, 15) is 4.79 Å². The number of carbonyl (C=O) groups is 1. The van der Waals surface area contributed by atoms with Crippen molar-refractivity contribution in [2.75, 3.05) is 32.1 Å². The van der Waals surface area contributed by atoms with Gasteiger partial charge >= 0.3 is 5.97 Å². The van der Waals surface area contributed by atoms with Gasteiger partial charge in [-0.1, -0.05) is 25.6 Å². The average Bonchev–Trinajstić information content (AvgIpc) is 2.55. The van der Waals surface area contributed by atoms with Gasteiger partial charge in [0.1, 0.15) is 0 Å². The molecule has 1 heterocycles. The maximum absolute atomic E-state index is 10.6. The molecule has 0 saturated heterocycles. The topological polar surface area (TPSA) is 97.3 Å². The third kappa shape index (κ3) is 5.07. The number of carboxylic acids is 1. The van der Waals surface area contributed by atoms with E-state index in [4.69, 9.17) is 10.8 Å². The van der Waals surface area contributed by atoms with Crippen LogP contribution in [0, 0.1) is 5.41 Å². The van der Waals surface area contributed by atoms with E-state index in [-0.39, 0.29) is 11.2 Å². The summed E-state index contributed by atoms with van der Waals surface area (Å²) in [6.07, 6.45) is 0. The second kappa shape index (κ2) is 6.25. The van der Waals surface area contributed by atoms with Crippen molar-refractivity contribution >= 4 is 23.7 Å². The van der Waals surface area contributed by atoms with Crippen LogP contribution in [-0.4, -0.2) is 57.1 Å². The molecule has 1 aromatic rings. The van der Waals surface area contributed by atoms with Gasteiger partial charge in [-0.3, -0.25) is 9.36 Å². The van der Waals surface area contributed by atoms with E-state index in [0.717, 1.165) is 18.3 Å². The zero-order valence-corrected chi connectivity index (χ0v) is 12.6. The number of hydrogen-bond donors (Lipinski definition) is 2. The van der Waals surface area contributed by atoms with E-state index in [1.165, 1.54) is 0 Å². The predicted molar refractivity (Wildman–Crippen MR) is 75.1 cm³/mol. The molecule has 0 atom stereocenters. The SMILES string of the molecule is CN(C)CC(C)(C)Cn1c(N)nnc1SCC(=O)O. The third-order valence-corrected chi connectivity index (χ3v) is 3.35. The molecule has 0 bridgehead atoms. The van der Waals surface area contributed by atoms with Crippen LogP contribution in [0.2, 0.25) is 0 Å². The van der Waals surface area contributed by atoms with Gasteiger partial charge in [0.05, 0.1) is 5.75 Å². The van der Waals surface area contributed by atoms with Gasteiger partial charge in [0, 0.05) is 13.1 Å². The first-order valence-electron chi connectivity index (χ1n) is 5.89. The molecule has 0 radical (unpaired) electrons. The van der Waals surface area contributed by atoms with Crippen molar-refractivity contribution < 1.29 is 9.90 Å². The largest absolute Gasteiger partial charge is 0.481 e. The maximum Gasteiger partial charge on any atom is 0.313 e. The molecule has 1 rings (SSSR count). The van der Waals surface area contributed by atoms with Crippen LogP contribution >= 0.6 is 11.8 Å². The monoisotopic (exact) mass is 287 g/mol. The highest BCUT2D eigenvalue weighted by molar-refractivity contribution is 7.99. The van der Waals surface area contributed by atoms with Crippen molar-refractivity contribution in [3.63, 3.8) is 0 Å². The Bertz CT molecular complexity index is 444. The molecule has 0 aliphatic heterocycles. The molecule has 3 N–H and O–H groups in total. The average molecular weight is 287 g/mol. The van der Waals surface area contributed by atoms with Gasteiger partial charge in [0.25, 0.3) is 0 Å². The lowest BCUT2D eigenvalue weighted by atomic mass is 9.93. The zero-order valence-electron chi connectivity index (χ0n) is 11.8. The smallest absolute Gasteiger partial charge is 0.313 e. The fraction of sp³-hybridized carbons (Fsp3) is 0.727. The minimum absolute atomic E-state index is 0.0153. The highest BCUT2D eigenvalue weighted by Gasteiger charge is 2.23. The first-order chi connectivity index (χ1) is 8.71. The normalized spacial score (nSPS) is 12.1. The summed E-state index contributed by atoms with van der Waals surface area (Å²) in [6.45, 7) is 5.77. The Kier molecular flexibility index (Phi) is 5.19. The Morgan fingerprint density at radius 3 is 2.63 bits per heavy atom. The molecule has 1 aromatic heterocycles. The number of thioether (sulfide) groups is 1. The molecule has 0 saturated carbocycles. The minimum Gasteiger partial charge on any atom is -0.481 e. The Balaban J connectivity index is 2.81. The number of aliphatic carboxylic acids is 1. The zero-order chi connectivity index (χ0) is 14.6. The van der Waals surface area contributed by atoms with Crippen LogP contribution in [0.15, 0.2) is 5.16 Å². The summed E-state index contributed by atoms with van der Waals surface area (Å²) < 4.78 is 1.77. The lowest BCUT2D eigenvalue weighted by Crippen LogP contribution is -2.33. The van der Waals surface area contributed by atoms with E-state index >= 15 is 0 Å². The highest BCUT2D eigenvalue weighted by Crippen LogP contribution is 2.25. The quantitative estimate of drug-likeness (QED) is 0.710. The van der Waals surface area contributed by atoms with Crippen LogP contribution in [0.5, 0.6) is 0 Å². The standard InChI is InChI=1S/C11H21N5O2S/c1-11(2,6-15(3)4)7-16-9(12)13-14-10(16)19-5-8(17)18/h5-7H2,1-4H3,(H2,12,13)(H,17,18). The fourth-order valence-corrected chi connectivity index (χ4v) is 2.68. The van der Waals surface area contributed by atoms with Gasteiger partial charge in [-0.05, 0) is 19.5 Å². The summed E-state index contributed by atoms with van der Waals surface area (Å²) in [5.41, 5.74) is 5.79. The van der Waals surface area contributed by atoms with Crippen LogP contribution < -0.4 is 5.73 Å². The third-order valence-electron chi connectivity index (χ3n) is 2.40. The first kappa shape index (κ1) is 15.8. The van der Waals surface area contributed by atoms with Gasteiger partial charge in [-0.15, -0.1) is 10.2 Å². The Morgan fingerprint density at radius 2 is 2.11 bits per heavy atom. The van der Waals surface area contributed by atoms with E-state index in [1.54, 1.807) is 4.57 Å². The van der Waals surface area contributed by atoms with Crippen LogP contribution in [0.3, 0.4) is 0 Å². The summed E-state index contributed by atoms with van der Waals surface area (Å²) in [4.78, 5) is 12.7. The Labute approximate surface area is 117 Å². The fourth-order valence-electron chi connectivity index (χ4n) is 2.02. The van der Waals surface area contributed by atoms with Crippen LogP contribution in [0.1, 0.15) is 13.8 Å². The van der Waals surface area contributed by atoms with Crippen LogP contribution in [0.4, 0.5) is 5.95 Å². The second-order valence-corrected chi connectivity index (χ2v) is 6.45. The number of nitrogens with zero attached hydrogens (tertiary/aromatic N) is 4. The van der Waals surface area contributed by atoms with Crippen molar-refractivity contribution in [1.82, 2.24) is 19.7 Å². The van der Waals surface area contributed by atoms with Gasteiger partial charge in [0.15, 0.2) is 5.16 Å². The molecular weight excluding hydrogens is 266 g/mol. The molecule has 8 heteroatoms. The molecule has 0 aromatic carbocycles. The van der Waals surface area contributed by atoms with E-state index in [1.807, 2.05) is 14.1 Å². The molecule has 7 nitrogen and oxygen atoms in total. The van der Waals surface area contributed by atoms with Crippen molar-refractivity contribution in [2.24, 2.45) is 5.41 Å². The van der Waals surface area contributed by atoms with Crippen molar-refractivity contribution in [3.05, 3.63) is 0 Å². The Morgan fingerprint density at radius 1 is 1.47 bits per heavy atom. The second-order valence-electron chi connectivity index (χ2n) is 5.51. The molecular formula is C11H21N5O2S. The van der Waals surface area contributed by atoms with Crippen LogP contribution in [-0.2, 0) is 11.3 Å². The number of hydrogen-bond acceptors (Lipinski definition) is 6. The van der Waals surface area contributed by atoms with Crippen molar-refractivity contribution in [3.8, 4) is 0 Å². The minimum atomic E-state index is -0.884. The number of nitrogens with two attached hydrogens (primary N) is 1. The van der Waals surface area contributed by atoms with Gasteiger partial charge < -0.3 is 15.7 Å². The lowest BCUT2D eigenvalue weighted by Gasteiger charge is -2.29. The summed E-state index contributed by atoms with van der Waals surface area (Å²) >= 11 is 1.13. The first-order valence-corrected chi connectivity index (χ1v) is 6.88. The molecule has 0 unspecified atom stereocenters. The van der Waals surface area contributed by atoms with Crippen LogP contribution in [0.25, 0.3) is 0 Å². The molecule has 0 spiro atoms. The summed E-state index contributed by atoms with van der Waals surface area (Å²) in [5.74, 6) is -0.614. The summed E-state index contributed by atoms with van der Waals surface area (Å²) in [5, 5.41) is 17.0. The number of anilines is 1. The van der Waals surface area contributed by atoms with E-state index in [0.29, 0.717) is 17.6 Å². The maximum atomic E-state index is 10.6. The molecule has 0 aliphatic carbocycles. The van der Waals surface area contributed by atoms with E-state index in [2.05, 4.69) is 28.9 Å². The molecule has 0 amide bonds. The number of rotatable bonds is 7. The van der Waals surface area contributed by atoms with Gasteiger partial charge in [-0.2, -0.15) is 0 Å². The van der Waals surface area contributed by atoms with Crippen molar-refractivity contribution in [2.45, 2.75) is 25.5 Å². The molecule has 108 valence electrons. The van der Waals surface area contributed by atoms with Gasteiger partial charge in [0.2, 0.25) is 5.95 Å². The summed E-state index contributed by atoms with van der Waals surface area (Å²) in [7, 11) is 4.02. The number of nitrogen functional groups attached to an aromatic ring is 1. The van der Waals surface area contributed by atoms with Crippen molar-refractivity contribution in [1.29, 1.82) is 0 Å². The molecule has 19 heavy (non-hydrogen) atoms. The predicted octanol–water partition coefficient (Wildman–Crippen LogP) is 0.625. The molecule has 0 aliphatic rings. The van der Waals surface area contributed by atoms with Gasteiger partial charge in [-0.25, -0.2) is 0 Å². The Hall–Kier alpha value is -1.28.